The van der Waals surface area contributed by atoms with Gasteiger partial charge in [-0.05, 0) is 30.7 Å². The van der Waals surface area contributed by atoms with Crippen LogP contribution >= 0.6 is 0 Å². The first kappa shape index (κ1) is 23.0. The molecule has 2 saturated heterocycles. The Balaban J connectivity index is 1.58. The van der Waals surface area contributed by atoms with E-state index in [4.69, 9.17) is 9.15 Å². The molecule has 8 heteroatoms. The molecular weight excluding hydrogens is 422 g/mol. The zero-order chi connectivity index (χ0) is 23.6. The standard InChI is InChI=1S/C25H31N3O5/c1-17(2)23(30)27-12-10-25(11-13-27)28(24(31)20-9-5-4-7-18(20)3)21(16-33-25)22(29)26-15-19-8-6-14-32-19/h4-9,14,17,21H,10-13,15-16H2,1-3H3,(H,26,29). The van der Waals surface area contributed by atoms with Gasteiger partial charge in [0.15, 0.2) is 0 Å². The van der Waals surface area contributed by atoms with Gasteiger partial charge in [0.25, 0.3) is 5.91 Å². The number of amides is 3. The highest BCUT2D eigenvalue weighted by molar-refractivity contribution is 5.99. The SMILES string of the molecule is Cc1ccccc1C(=O)N1C(C(=O)NCc2ccco2)COC12CCN(C(=O)C(C)C)CC2. The first-order chi connectivity index (χ1) is 15.8. The largest absolute Gasteiger partial charge is 0.467 e. The molecule has 8 nitrogen and oxygen atoms in total. The molecule has 4 rings (SSSR count). The van der Waals surface area contributed by atoms with Crippen LogP contribution in [0.4, 0.5) is 0 Å². The number of aryl methyl sites for hydroxylation is 1. The molecule has 2 aliphatic heterocycles. The van der Waals surface area contributed by atoms with E-state index in [9.17, 15) is 14.4 Å². The highest BCUT2D eigenvalue weighted by Crippen LogP contribution is 2.39. The molecule has 33 heavy (non-hydrogen) atoms. The third-order valence-electron chi connectivity index (χ3n) is 6.52. The molecule has 2 aromatic rings. The molecule has 0 bridgehead atoms. The second-order valence-electron chi connectivity index (χ2n) is 9.04. The normalized spacial score (nSPS) is 19.8. The smallest absolute Gasteiger partial charge is 0.257 e. The van der Waals surface area contributed by atoms with Crippen LogP contribution in [0.5, 0.6) is 0 Å². The molecular formula is C25H31N3O5. The van der Waals surface area contributed by atoms with Crippen molar-refractivity contribution in [2.75, 3.05) is 19.7 Å². The van der Waals surface area contributed by atoms with E-state index in [1.54, 1.807) is 29.4 Å². The van der Waals surface area contributed by atoms with Gasteiger partial charge in [-0.2, -0.15) is 0 Å². The van der Waals surface area contributed by atoms with Crippen LogP contribution in [0.25, 0.3) is 0 Å². The van der Waals surface area contributed by atoms with Gasteiger partial charge in [-0.3, -0.25) is 19.3 Å². The Hall–Kier alpha value is -3.13. The summed E-state index contributed by atoms with van der Waals surface area (Å²) < 4.78 is 11.5. The number of nitrogens with one attached hydrogen (secondary N) is 1. The van der Waals surface area contributed by atoms with Gasteiger partial charge in [-0.25, -0.2) is 0 Å². The van der Waals surface area contributed by atoms with E-state index in [1.807, 2.05) is 43.9 Å². The molecule has 3 amide bonds. The number of ether oxygens (including phenoxy) is 1. The molecule has 1 spiro atoms. The lowest BCUT2D eigenvalue weighted by atomic mass is 9.95. The topological polar surface area (TPSA) is 92.1 Å². The molecule has 0 aliphatic carbocycles. The van der Waals surface area contributed by atoms with Crippen molar-refractivity contribution in [1.29, 1.82) is 0 Å². The zero-order valence-corrected chi connectivity index (χ0v) is 19.4. The Morgan fingerprint density at radius 3 is 2.48 bits per heavy atom. The third-order valence-corrected chi connectivity index (χ3v) is 6.52. The van der Waals surface area contributed by atoms with Crippen molar-refractivity contribution in [3.05, 3.63) is 59.5 Å². The van der Waals surface area contributed by atoms with Gasteiger partial charge in [0.1, 0.15) is 17.5 Å². The van der Waals surface area contributed by atoms with Crippen LogP contribution in [-0.4, -0.2) is 59.0 Å². The third kappa shape index (κ3) is 4.53. The molecule has 2 aliphatic rings. The second-order valence-corrected chi connectivity index (χ2v) is 9.04. The minimum Gasteiger partial charge on any atom is -0.467 e. The van der Waals surface area contributed by atoms with Gasteiger partial charge in [-0.1, -0.05) is 32.0 Å². The minimum atomic E-state index is -0.917. The molecule has 1 unspecified atom stereocenters. The molecule has 1 aromatic carbocycles. The molecule has 0 radical (unpaired) electrons. The summed E-state index contributed by atoms with van der Waals surface area (Å²) in [5.41, 5.74) is 0.471. The van der Waals surface area contributed by atoms with E-state index in [-0.39, 0.29) is 36.8 Å². The molecule has 1 atom stereocenters. The number of furan rings is 1. The molecule has 176 valence electrons. The van der Waals surface area contributed by atoms with Gasteiger partial charge in [0.05, 0.1) is 19.4 Å². The Labute approximate surface area is 193 Å². The van der Waals surface area contributed by atoms with E-state index in [1.165, 1.54) is 0 Å². The van der Waals surface area contributed by atoms with Crippen molar-refractivity contribution in [2.24, 2.45) is 5.92 Å². The number of hydrogen-bond acceptors (Lipinski definition) is 5. The van der Waals surface area contributed by atoms with E-state index >= 15 is 0 Å². The van der Waals surface area contributed by atoms with Gasteiger partial charge in [0.2, 0.25) is 11.8 Å². The number of rotatable bonds is 5. The zero-order valence-electron chi connectivity index (χ0n) is 19.4. The summed E-state index contributed by atoms with van der Waals surface area (Å²) in [5, 5.41) is 2.87. The molecule has 1 aromatic heterocycles. The predicted molar refractivity (Wildman–Crippen MR) is 121 cm³/mol. The monoisotopic (exact) mass is 453 g/mol. The fourth-order valence-electron chi connectivity index (χ4n) is 4.66. The quantitative estimate of drug-likeness (QED) is 0.752. The van der Waals surface area contributed by atoms with Gasteiger partial charge in [-0.15, -0.1) is 0 Å². The Bertz CT molecular complexity index is 1010. The second kappa shape index (κ2) is 9.39. The average molecular weight is 454 g/mol. The number of hydrogen-bond donors (Lipinski definition) is 1. The molecule has 0 saturated carbocycles. The number of likely N-dealkylation sites (tertiary alicyclic amines) is 1. The van der Waals surface area contributed by atoms with E-state index in [2.05, 4.69) is 5.32 Å². The van der Waals surface area contributed by atoms with Crippen LogP contribution < -0.4 is 5.32 Å². The fraction of sp³-hybridized carbons (Fsp3) is 0.480. The number of nitrogens with zero attached hydrogens (tertiary/aromatic N) is 2. The van der Waals surface area contributed by atoms with E-state index in [0.29, 0.717) is 37.3 Å². The van der Waals surface area contributed by atoms with Crippen LogP contribution in [0, 0.1) is 12.8 Å². The Kier molecular flexibility index (Phi) is 6.56. The van der Waals surface area contributed by atoms with E-state index in [0.717, 1.165) is 5.56 Å². The van der Waals surface area contributed by atoms with Crippen molar-refractivity contribution in [3.8, 4) is 0 Å². The van der Waals surface area contributed by atoms with Gasteiger partial charge >= 0.3 is 0 Å². The number of carbonyl (C=O) groups excluding carboxylic acids is 3. The van der Waals surface area contributed by atoms with Crippen LogP contribution in [-0.2, 0) is 20.9 Å². The highest BCUT2D eigenvalue weighted by Gasteiger charge is 2.54. The maximum atomic E-state index is 13.8. The lowest BCUT2D eigenvalue weighted by molar-refractivity contribution is -0.146. The number of carbonyl (C=O) groups is 3. The molecule has 2 fully saturated rings. The summed E-state index contributed by atoms with van der Waals surface area (Å²) in [7, 11) is 0. The van der Waals surface area contributed by atoms with Crippen molar-refractivity contribution in [1.82, 2.24) is 15.1 Å². The summed E-state index contributed by atoms with van der Waals surface area (Å²) in [6, 6.07) is 10.1. The number of benzene rings is 1. The summed E-state index contributed by atoms with van der Waals surface area (Å²) in [6.45, 7) is 6.95. The summed E-state index contributed by atoms with van der Waals surface area (Å²) >= 11 is 0. The van der Waals surface area contributed by atoms with Crippen LogP contribution in [0.2, 0.25) is 0 Å². The van der Waals surface area contributed by atoms with Crippen molar-refractivity contribution in [2.45, 2.75) is 51.9 Å². The summed E-state index contributed by atoms with van der Waals surface area (Å²) in [5.74, 6) is 0.119. The molecule has 1 N–H and O–H groups in total. The van der Waals surface area contributed by atoms with Crippen LogP contribution in [0.15, 0.2) is 47.1 Å². The van der Waals surface area contributed by atoms with Crippen LogP contribution in [0.3, 0.4) is 0 Å². The Morgan fingerprint density at radius 1 is 1.12 bits per heavy atom. The van der Waals surface area contributed by atoms with Crippen molar-refractivity contribution < 1.29 is 23.5 Å². The average Bonchev–Trinajstić information content (AvgIpc) is 3.46. The van der Waals surface area contributed by atoms with Crippen molar-refractivity contribution >= 4 is 17.7 Å². The lowest BCUT2D eigenvalue weighted by Crippen LogP contribution is -2.60. The molecule has 3 heterocycles. The highest BCUT2D eigenvalue weighted by atomic mass is 16.5. The van der Waals surface area contributed by atoms with Crippen molar-refractivity contribution in [3.63, 3.8) is 0 Å². The first-order valence-electron chi connectivity index (χ1n) is 11.4. The van der Waals surface area contributed by atoms with E-state index < -0.39 is 11.8 Å². The number of piperidine rings is 1. The first-order valence-corrected chi connectivity index (χ1v) is 11.4. The van der Waals surface area contributed by atoms with Crippen LogP contribution in [0.1, 0.15) is 48.4 Å². The predicted octanol–water partition coefficient (Wildman–Crippen LogP) is 2.72. The lowest BCUT2D eigenvalue weighted by Gasteiger charge is -2.45. The summed E-state index contributed by atoms with van der Waals surface area (Å²) in [4.78, 5) is 42.9. The minimum absolute atomic E-state index is 0.0895. The maximum absolute atomic E-state index is 13.8. The summed E-state index contributed by atoms with van der Waals surface area (Å²) in [6.07, 6.45) is 2.48. The maximum Gasteiger partial charge on any atom is 0.257 e. The van der Waals surface area contributed by atoms with Gasteiger partial charge < -0.3 is 19.4 Å². The van der Waals surface area contributed by atoms with Gasteiger partial charge in [0, 0.05) is 37.4 Å². The fourth-order valence-corrected chi connectivity index (χ4v) is 4.66. The Morgan fingerprint density at radius 2 is 1.85 bits per heavy atom.